The minimum absolute atomic E-state index is 0.00744. The van der Waals surface area contributed by atoms with Gasteiger partial charge in [0, 0.05) is 24.2 Å². The number of carbonyl (C=O) groups excluding carboxylic acids is 1. The Morgan fingerprint density at radius 1 is 1.45 bits per heavy atom. The molecule has 0 fully saturated rings. The van der Waals surface area contributed by atoms with Gasteiger partial charge in [-0.3, -0.25) is 19.8 Å². The first-order valence-corrected chi connectivity index (χ1v) is 7.00. The van der Waals surface area contributed by atoms with E-state index in [9.17, 15) is 14.9 Å². The van der Waals surface area contributed by atoms with Crippen LogP contribution in [0.3, 0.4) is 0 Å². The molecule has 1 atom stereocenters. The highest BCUT2D eigenvalue weighted by molar-refractivity contribution is 5.94. The lowest BCUT2D eigenvalue weighted by molar-refractivity contribution is -0.385. The average molecular weight is 301 g/mol. The van der Waals surface area contributed by atoms with Crippen molar-refractivity contribution < 1.29 is 9.72 Å². The Hall–Kier alpha value is -2.77. The molecule has 8 nitrogen and oxygen atoms in total. The first-order chi connectivity index (χ1) is 10.6. The summed E-state index contributed by atoms with van der Waals surface area (Å²) in [6.45, 7) is 2.65. The van der Waals surface area contributed by atoms with E-state index in [0.717, 1.165) is 6.42 Å². The molecule has 2 aromatic rings. The van der Waals surface area contributed by atoms with Crippen molar-refractivity contribution in [3.05, 3.63) is 46.3 Å². The van der Waals surface area contributed by atoms with Crippen LogP contribution >= 0.6 is 0 Å². The minimum atomic E-state index is -0.468. The maximum absolute atomic E-state index is 12.6. The molecule has 1 aromatic heterocycles. The van der Waals surface area contributed by atoms with Crippen LogP contribution in [0.5, 0.6) is 0 Å². The van der Waals surface area contributed by atoms with E-state index in [1.807, 2.05) is 6.92 Å². The number of nitrogens with zero attached hydrogens (tertiary/aromatic N) is 5. The fourth-order valence-corrected chi connectivity index (χ4v) is 2.68. The van der Waals surface area contributed by atoms with E-state index >= 15 is 0 Å². The molecule has 1 aromatic carbocycles. The number of carbonyl (C=O) groups is 1. The number of hydrogen-bond donors (Lipinski definition) is 0. The number of para-hydroxylation sites is 1. The highest BCUT2D eigenvalue weighted by Gasteiger charge is 2.31. The summed E-state index contributed by atoms with van der Waals surface area (Å²) in [6.07, 6.45) is 2.16. The number of fused-ring (bicyclic) bond motifs is 1. The van der Waals surface area contributed by atoms with Gasteiger partial charge in [-0.15, -0.1) is 0 Å². The molecule has 8 heteroatoms. The fourth-order valence-electron chi connectivity index (χ4n) is 2.68. The number of benzene rings is 1. The maximum atomic E-state index is 12.6. The zero-order valence-corrected chi connectivity index (χ0v) is 12.0. The molecule has 0 N–H and O–H groups in total. The van der Waals surface area contributed by atoms with Gasteiger partial charge in [0.1, 0.15) is 6.33 Å². The SMILES string of the molecule is CC1CCn2ncnc2N1C(=O)Cc1ccccc1[N+](=O)[O-]. The standard InChI is InChI=1S/C14H15N5O3/c1-10-6-7-17-14(15-9-16-17)18(10)13(20)8-11-4-2-3-5-12(11)19(21)22/h2-5,9-10H,6-8H2,1H3. The third kappa shape index (κ3) is 2.43. The topological polar surface area (TPSA) is 94.2 Å². The lowest BCUT2D eigenvalue weighted by atomic mass is 10.1. The Kier molecular flexibility index (Phi) is 3.58. The molecule has 2 heterocycles. The number of aromatic nitrogens is 3. The van der Waals surface area contributed by atoms with Crippen LogP contribution in [0.25, 0.3) is 0 Å². The predicted molar refractivity (Wildman–Crippen MR) is 78.4 cm³/mol. The number of nitro benzene ring substituents is 1. The summed E-state index contributed by atoms with van der Waals surface area (Å²) in [5.41, 5.74) is 0.364. The summed E-state index contributed by atoms with van der Waals surface area (Å²) in [7, 11) is 0. The number of anilines is 1. The van der Waals surface area contributed by atoms with E-state index in [-0.39, 0.29) is 24.1 Å². The molecule has 1 aliphatic rings. The molecule has 0 bridgehead atoms. The molecule has 0 saturated carbocycles. The third-order valence-electron chi connectivity index (χ3n) is 3.81. The number of hydrogen-bond acceptors (Lipinski definition) is 5. The molecule has 114 valence electrons. The first kappa shape index (κ1) is 14.2. The summed E-state index contributed by atoms with van der Waals surface area (Å²) in [5, 5.41) is 15.1. The van der Waals surface area contributed by atoms with Crippen LogP contribution in [0.4, 0.5) is 11.6 Å². The first-order valence-electron chi connectivity index (χ1n) is 7.00. The van der Waals surface area contributed by atoms with Gasteiger partial charge in [0.25, 0.3) is 5.69 Å². The van der Waals surface area contributed by atoms with Crippen LogP contribution in [-0.4, -0.2) is 31.6 Å². The van der Waals surface area contributed by atoms with Gasteiger partial charge in [0.05, 0.1) is 11.3 Å². The molecule has 0 radical (unpaired) electrons. The largest absolute Gasteiger partial charge is 0.278 e. The second kappa shape index (κ2) is 5.55. The lowest BCUT2D eigenvalue weighted by Gasteiger charge is -2.32. The Morgan fingerprint density at radius 2 is 2.23 bits per heavy atom. The van der Waals surface area contributed by atoms with E-state index < -0.39 is 4.92 Å². The smallest absolute Gasteiger partial charge is 0.273 e. The Bertz CT molecular complexity index is 727. The molecule has 0 saturated heterocycles. The molecule has 1 unspecified atom stereocenters. The van der Waals surface area contributed by atoms with Crippen LogP contribution < -0.4 is 4.90 Å². The summed E-state index contributed by atoms with van der Waals surface area (Å²) in [6, 6.07) is 6.29. The maximum Gasteiger partial charge on any atom is 0.273 e. The minimum Gasteiger partial charge on any atom is -0.278 e. The molecule has 1 aliphatic heterocycles. The van der Waals surface area contributed by atoms with Gasteiger partial charge in [0.2, 0.25) is 11.9 Å². The molecule has 0 spiro atoms. The van der Waals surface area contributed by atoms with Crippen LogP contribution in [0, 0.1) is 10.1 Å². The highest BCUT2D eigenvalue weighted by Crippen LogP contribution is 2.25. The van der Waals surface area contributed by atoms with Gasteiger partial charge >= 0.3 is 0 Å². The summed E-state index contributed by atoms with van der Waals surface area (Å²) >= 11 is 0. The fraction of sp³-hybridized carbons (Fsp3) is 0.357. The van der Waals surface area contributed by atoms with Crippen molar-refractivity contribution in [2.45, 2.75) is 32.4 Å². The monoisotopic (exact) mass is 301 g/mol. The van der Waals surface area contributed by atoms with Gasteiger partial charge in [-0.1, -0.05) is 18.2 Å². The van der Waals surface area contributed by atoms with Crippen LogP contribution in [0.2, 0.25) is 0 Å². The number of amides is 1. The molecule has 1 amide bonds. The summed E-state index contributed by atoms with van der Waals surface area (Å²) in [5.74, 6) is 0.290. The van der Waals surface area contributed by atoms with E-state index in [0.29, 0.717) is 18.1 Å². The quantitative estimate of drug-likeness (QED) is 0.633. The van der Waals surface area contributed by atoms with Crippen molar-refractivity contribution in [2.24, 2.45) is 0 Å². The van der Waals surface area contributed by atoms with Crippen molar-refractivity contribution in [2.75, 3.05) is 4.90 Å². The van der Waals surface area contributed by atoms with E-state index in [4.69, 9.17) is 0 Å². The zero-order chi connectivity index (χ0) is 15.7. The van der Waals surface area contributed by atoms with Crippen LogP contribution in [0.15, 0.2) is 30.6 Å². The number of nitro groups is 1. The van der Waals surface area contributed by atoms with E-state index in [1.54, 1.807) is 27.8 Å². The zero-order valence-electron chi connectivity index (χ0n) is 12.0. The second-order valence-corrected chi connectivity index (χ2v) is 5.25. The Labute approximate surface area is 126 Å². The van der Waals surface area contributed by atoms with Crippen molar-refractivity contribution in [3.63, 3.8) is 0 Å². The molecule has 22 heavy (non-hydrogen) atoms. The number of aryl methyl sites for hydroxylation is 1. The predicted octanol–water partition coefficient (Wildman–Crippen LogP) is 1.55. The van der Waals surface area contributed by atoms with Gasteiger partial charge in [-0.25, -0.2) is 4.68 Å². The highest BCUT2D eigenvalue weighted by atomic mass is 16.6. The van der Waals surface area contributed by atoms with Gasteiger partial charge in [-0.2, -0.15) is 10.1 Å². The van der Waals surface area contributed by atoms with Crippen molar-refractivity contribution in [3.8, 4) is 0 Å². The summed E-state index contributed by atoms with van der Waals surface area (Å²) in [4.78, 5) is 28.9. The normalized spacial score (nSPS) is 17.1. The van der Waals surface area contributed by atoms with Gasteiger partial charge in [0.15, 0.2) is 0 Å². The Balaban J connectivity index is 1.89. The average Bonchev–Trinajstić information content (AvgIpc) is 2.95. The third-order valence-corrected chi connectivity index (χ3v) is 3.81. The molecular weight excluding hydrogens is 286 g/mol. The second-order valence-electron chi connectivity index (χ2n) is 5.25. The molecule has 3 rings (SSSR count). The van der Waals surface area contributed by atoms with Crippen molar-refractivity contribution in [1.29, 1.82) is 0 Å². The molecule has 0 aliphatic carbocycles. The van der Waals surface area contributed by atoms with Crippen LogP contribution in [-0.2, 0) is 17.8 Å². The Morgan fingerprint density at radius 3 is 3.00 bits per heavy atom. The van der Waals surface area contributed by atoms with Crippen LogP contribution in [0.1, 0.15) is 18.9 Å². The summed E-state index contributed by atoms with van der Waals surface area (Å²) < 4.78 is 1.68. The van der Waals surface area contributed by atoms with E-state index in [1.165, 1.54) is 12.4 Å². The lowest BCUT2D eigenvalue weighted by Crippen LogP contribution is -2.45. The molecular formula is C14H15N5O3. The van der Waals surface area contributed by atoms with Crippen molar-refractivity contribution in [1.82, 2.24) is 14.8 Å². The van der Waals surface area contributed by atoms with Gasteiger partial charge in [-0.05, 0) is 13.3 Å². The number of rotatable bonds is 3. The van der Waals surface area contributed by atoms with E-state index in [2.05, 4.69) is 10.1 Å². The van der Waals surface area contributed by atoms with Gasteiger partial charge < -0.3 is 0 Å². The van der Waals surface area contributed by atoms with Crippen molar-refractivity contribution >= 4 is 17.5 Å².